The van der Waals surface area contributed by atoms with E-state index >= 15 is 0 Å². The Bertz CT molecular complexity index is 867. The summed E-state index contributed by atoms with van der Waals surface area (Å²) in [6.45, 7) is 1.26. The molecule has 0 saturated carbocycles. The van der Waals surface area contributed by atoms with Crippen molar-refractivity contribution in [1.82, 2.24) is 4.90 Å². The van der Waals surface area contributed by atoms with E-state index in [0.717, 1.165) is 5.56 Å². The van der Waals surface area contributed by atoms with Gasteiger partial charge >= 0.3 is 5.97 Å². The summed E-state index contributed by atoms with van der Waals surface area (Å²) in [6, 6.07) is 11.8. The molecule has 0 aliphatic heterocycles. The van der Waals surface area contributed by atoms with E-state index in [0.29, 0.717) is 10.7 Å². The average molecular weight is 405 g/mol. The molecule has 0 spiro atoms. The molecule has 1 N–H and O–H groups in total. The fourth-order valence-corrected chi connectivity index (χ4v) is 2.47. The Balaban J connectivity index is 1.86. The third kappa shape index (κ3) is 5.99. The summed E-state index contributed by atoms with van der Waals surface area (Å²) in [5.74, 6) is -1.34. The number of aryl methyl sites for hydroxylation is 1. The molecule has 0 aromatic heterocycles. The van der Waals surface area contributed by atoms with Crippen molar-refractivity contribution in [2.24, 2.45) is 0 Å². The van der Waals surface area contributed by atoms with Crippen LogP contribution in [-0.4, -0.2) is 50.0 Å². The van der Waals surface area contributed by atoms with E-state index in [9.17, 15) is 14.4 Å². The number of rotatable bonds is 7. The van der Waals surface area contributed by atoms with E-state index in [-0.39, 0.29) is 23.8 Å². The zero-order valence-corrected chi connectivity index (χ0v) is 16.6. The smallest absolute Gasteiger partial charge is 0.342 e. The number of hydrogen-bond donors (Lipinski definition) is 1. The van der Waals surface area contributed by atoms with Crippen molar-refractivity contribution in [3.63, 3.8) is 0 Å². The van der Waals surface area contributed by atoms with Crippen LogP contribution in [0.1, 0.15) is 15.9 Å². The van der Waals surface area contributed by atoms with Crippen molar-refractivity contribution in [2.75, 3.05) is 32.6 Å². The van der Waals surface area contributed by atoms with E-state index < -0.39 is 18.5 Å². The minimum atomic E-state index is -0.745. The molecule has 7 nitrogen and oxygen atoms in total. The lowest BCUT2D eigenvalue weighted by atomic mass is 10.2. The third-order valence-electron chi connectivity index (χ3n) is 3.85. The van der Waals surface area contributed by atoms with Gasteiger partial charge in [0.05, 0.1) is 13.7 Å². The van der Waals surface area contributed by atoms with Gasteiger partial charge < -0.3 is 19.7 Å². The van der Waals surface area contributed by atoms with E-state index in [4.69, 9.17) is 21.1 Å². The highest BCUT2D eigenvalue weighted by Gasteiger charge is 2.18. The molecule has 0 saturated heterocycles. The van der Waals surface area contributed by atoms with Gasteiger partial charge in [0.25, 0.3) is 5.91 Å². The Labute approximate surface area is 168 Å². The van der Waals surface area contributed by atoms with Crippen LogP contribution in [0.3, 0.4) is 0 Å². The second-order valence-corrected chi connectivity index (χ2v) is 6.52. The van der Waals surface area contributed by atoms with Gasteiger partial charge in [-0.1, -0.05) is 29.3 Å². The molecule has 0 aliphatic rings. The summed E-state index contributed by atoms with van der Waals surface area (Å²) in [7, 11) is 2.86. The molecule has 8 heteroatoms. The Morgan fingerprint density at radius 1 is 1.11 bits per heavy atom. The minimum absolute atomic E-state index is 0.113. The van der Waals surface area contributed by atoms with Crippen molar-refractivity contribution in [2.45, 2.75) is 6.92 Å². The number of methoxy groups -OCH3 is 1. The number of carbonyl (C=O) groups is 3. The maximum Gasteiger partial charge on any atom is 0.342 e. The summed E-state index contributed by atoms with van der Waals surface area (Å²) >= 11 is 5.88. The van der Waals surface area contributed by atoms with Crippen molar-refractivity contribution in [3.05, 3.63) is 58.6 Å². The third-order valence-corrected chi connectivity index (χ3v) is 4.09. The van der Waals surface area contributed by atoms with Gasteiger partial charge in [-0.05, 0) is 37.3 Å². The van der Waals surface area contributed by atoms with Crippen LogP contribution >= 0.6 is 11.6 Å². The van der Waals surface area contributed by atoms with Gasteiger partial charge in [-0.2, -0.15) is 0 Å². The van der Waals surface area contributed by atoms with Gasteiger partial charge in [-0.25, -0.2) is 4.79 Å². The van der Waals surface area contributed by atoms with Gasteiger partial charge in [0.2, 0.25) is 5.91 Å². The highest BCUT2D eigenvalue weighted by atomic mass is 35.5. The minimum Gasteiger partial charge on any atom is -0.496 e. The zero-order chi connectivity index (χ0) is 20.7. The number of nitrogens with zero attached hydrogens (tertiary/aromatic N) is 1. The maximum absolute atomic E-state index is 12.2. The van der Waals surface area contributed by atoms with Crippen LogP contribution in [0.4, 0.5) is 5.69 Å². The van der Waals surface area contributed by atoms with Crippen LogP contribution in [0.25, 0.3) is 0 Å². The van der Waals surface area contributed by atoms with Gasteiger partial charge in [-0.3, -0.25) is 9.59 Å². The number of likely N-dealkylation sites (N-methyl/N-ethyl adjacent to an activating group) is 1. The molecule has 0 fully saturated rings. The first kappa shape index (κ1) is 21.2. The molecule has 2 aromatic rings. The Kier molecular flexibility index (Phi) is 7.40. The predicted octanol–water partition coefficient (Wildman–Crippen LogP) is 2.91. The quantitative estimate of drug-likeness (QED) is 0.717. The Morgan fingerprint density at radius 2 is 1.79 bits per heavy atom. The van der Waals surface area contributed by atoms with E-state index in [1.54, 1.807) is 18.2 Å². The molecule has 0 aliphatic carbocycles. The molecule has 148 valence electrons. The van der Waals surface area contributed by atoms with Crippen molar-refractivity contribution >= 4 is 35.1 Å². The lowest BCUT2D eigenvalue weighted by Gasteiger charge is -2.17. The summed E-state index contributed by atoms with van der Waals surface area (Å²) in [4.78, 5) is 37.5. The fourth-order valence-electron chi connectivity index (χ4n) is 2.30. The van der Waals surface area contributed by atoms with Gasteiger partial charge in [0.1, 0.15) is 11.3 Å². The monoisotopic (exact) mass is 404 g/mol. The van der Waals surface area contributed by atoms with Crippen molar-refractivity contribution in [1.29, 1.82) is 0 Å². The summed E-state index contributed by atoms with van der Waals surface area (Å²) in [5, 5.41) is 3.03. The number of amides is 2. The van der Waals surface area contributed by atoms with E-state index in [1.165, 1.54) is 31.2 Å². The SMILES string of the molecule is COc1ccc(Cl)cc1C(=O)OCC(=O)N(C)CC(=O)Nc1ccc(C)cc1. The molecule has 2 rings (SSSR count). The number of hydrogen-bond acceptors (Lipinski definition) is 5. The van der Waals surface area contributed by atoms with E-state index in [1.807, 2.05) is 19.1 Å². The fraction of sp³-hybridized carbons (Fsp3) is 0.250. The summed E-state index contributed by atoms with van der Waals surface area (Å²) in [6.07, 6.45) is 0. The number of halogens is 1. The Hall–Kier alpha value is -3.06. The maximum atomic E-state index is 12.2. The number of ether oxygens (including phenoxy) is 2. The highest BCUT2D eigenvalue weighted by Crippen LogP contribution is 2.23. The zero-order valence-electron chi connectivity index (χ0n) is 15.8. The van der Waals surface area contributed by atoms with Crippen molar-refractivity contribution in [3.8, 4) is 5.75 Å². The highest BCUT2D eigenvalue weighted by molar-refractivity contribution is 6.31. The van der Waals surface area contributed by atoms with Gasteiger partial charge in [0.15, 0.2) is 6.61 Å². The molecular weight excluding hydrogens is 384 g/mol. The topological polar surface area (TPSA) is 84.9 Å². The molecule has 0 radical (unpaired) electrons. The van der Waals surface area contributed by atoms with Crippen LogP contribution in [-0.2, 0) is 14.3 Å². The molecule has 0 heterocycles. The molecule has 0 unspecified atom stereocenters. The molecule has 0 atom stereocenters. The largest absolute Gasteiger partial charge is 0.496 e. The lowest BCUT2D eigenvalue weighted by Crippen LogP contribution is -2.37. The van der Waals surface area contributed by atoms with Crippen LogP contribution in [0.2, 0.25) is 5.02 Å². The number of benzene rings is 2. The summed E-state index contributed by atoms with van der Waals surface area (Å²) in [5.41, 5.74) is 1.82. The standard InChI is InChI=1S/C20H21ClN2O5/c1-13-4-7-15(8-5-13)22-18(24)11-23(2)19(25)12-28-20(26)16-10-14(21)6-9-17(16)27-3/h4-10H,11-12H2,1-3H3,(H,22,24). The number of esters is 1. The second kappa shape index (κ2) is 9.75. The molecule has 0 bridgehead atoms. The number of anilines is 1. The summed E-state index contributed by atoms with van der Waals surface area (Å²) < 4.78 is 10.1. The van der Waals surface area contributed by atoms with Crippen LogP contribution in [0, 0.1) is 6.92 Å². The van der Waals surface area contributed by atoms with Crippen molar-refractivity contribution < 1.29 is 23.9 Å². The first-order valence-corrected chi connectivity index (χ1v) is 8.79. The molecular formula is C20H21ClN2O5. The van der Waals surface area contributed by atoms with Crippen LogP contribution in [0.15, 0.2) is 42.5 Å². The number of nitrogens with one attached hydrogen (secondary N) is 1. The molecule has 28 heavy (non-hydrogen) atoms. The van der Waals surface area contributed by atoms with Gasteiger partial charge in [-0.15, -0.1) is 0 Å². The Morgan fingerprint density at radius 3 is 2.43 bits per heavy atom. The molecule has 2 aromatic carbocycles. The lowest BCUT2D eigenvalue weighted by molar-refractivity contribution is -0.136. The number of carbonyl (C=O) groups excluding carboxylic acids is 3. The van der Waals surface area contributed by atoms with Crippen LogP contribution in [0.5, 0.6) is 5.75 Å². The first-order chi connectivity index (χ1) is 13.3. The average Bonchev–Trinajstić information content (AvgIpc) is 2.67. The van der Waals surface area contributed by atoms with Crippen LogP contribution < -0.4 is 10.1 Å². The van der Waals surface area contributed by atoms with E-state index in [2.05, 4.69) is 5.32 Å². The van der Waals surface area contributed by atoms with Gasteiger partial charge in [0, 0.05) is 17.8 Å². The second-order valence-electron chi connectivity index (χ2n) is 6.08. The first-order valence-electron chi connectivity index (χ1n) is 8.41. The normalized spacial score (nSPS) is 10.1. The molecule has 2 amide bonds. The predicted molar refractivity (Wildman–Crippen MR) is 106 cm³/mol.